The zero-order valence-corrected chi connectivity index (χ0v) is 10.3. The normalized spacial score (nSPS) is 12.4. The van der Waals surface area contributed by atoms with Gasteiger partial charge in [0.05, 0.1) is 5.02 Å². The molecule has 1 atom stereocenters. The number of aromatic nitrogens is 4. The van der Waals surface area contributed by atoms with Crippen molar-refractivity contribution in [3.8, 4) is 0 Å². The topological polar surface area (TPSA) is 60.7 Å². The van der Waals surface area contributed by atoms with Gasteiger partial charge in [0.25, 0.3) is 0 Å². The fourth-order valence-corrected chi connectivity index (χ4v) is 1.84. The van der Waals surface area contributed by atoms with E-state index in [2.05, 4.69) is 31.3 Å². The molecular formula is C9H6BrClN4O. The molecule has 2 rings (SSSR count). The van der Waals surface area contributed by atoms with Gasteiger partial charge in [0, 0.05) is 5.56 Å². The first kappa shape index (κ1) is 11.2. The molecule has 1 aromatic carbocycles. The minimum Gasteiger partial charge on any atom is -0.291 e. The minimum atomic E-state index is -0.699. The highest BCUT2D eigenvalue weighted by Crippen LogP contribution is 2.23. The van der Waals surface area contributed by atoms with Gasteiger partial charge in [0.15, 0.2) is 11.3 Å². The van der Waals surface area contributed by atoms with Crippen LogP contribution in [-0.2, 0) is 0 Å². The molecule has 0 amide bonds. The minimum absolute atomic E-state index is 0.219. The SMILES string of the molecule is O=C(c1ccccc1Cl)C(Br)n1ncnn1. The zero-order chi connectivity index (χ0) is 11.5. The molecule has 7 heteroatoms. The lowest BCUT2D eigenvalue weighted by molar-refractivity contribution is 0.0959. The zero-order valence-electron chi connectivity index (χ0n) is 7.92. The number of tetrazole rings is 1. The molecule has 1 aromatic heterocycles. The molecule has 0 N–H and O–H groups in total. The molecule has 0 aliphatic heterocycles. The van der Waals surface area contributed by atoms with Crippen LogP contribution >= 0.6 is 27.5 Å². The summed E-state index contributed by atoms with van der Waals surface area (Å²) < 4.78 is 0. The third-order valence-corrected chi connectivity index (χ3v) is 3.03. The molecule has 1 heterocycles. The highest BCUT2D eigenvalue weighted by Gasteiger charge is 2.22. The maximum atomic E-state index is 12.0. The van der Waals surface area contributed by atoms with Crippen molar-refractivity contribution < 1.29 is 4.79 Å². The second kappa shape index (κ2) is 4.71. The molecule has 5 nitrogen and oxygen atoms in total. The Balaban J connectivity index is 2.30. The van der Waals surface area contributed by atoms with Crippen molar-refractivity contribution >= 4 is 33.3 Å². The highest BCUT2D eigenvalue weighted by molar-refractivity contribution is 9.09. The van der Waals surface area contributed by atoms with Gasteiger partial charge in [-0.1, -0.05) is 39.7 Å². The number of alkyl halides is 1. The Kier molecular flexibility index (Phi) is 3.31. The van der Waals surface area contributed by atoms with Crippen LogP contribution in [0.3, 0.4) is 0 Å². The summed E-state index contributed by atoms with van der Waals surface area (Å²) in [7, 11) is 0. The van der Waals surface area contributed by atoms with E-state index in [0.29, 0.717) is 10.6 Å². The van der Waals surface area contributed by atoms with Gasteiger partial charge >= 0.3 is 0 Å². The lowest BCUT2D eigenvalue weighted by Gasteiger charge is -2.07. The highest BCUT2D eigenvalue weighted by atomic mass is 79.9. The van der Waals surface area contributed by atoms with Crippen molar-refractivity contribution in [1.82, 2.24) is 20.2 Å². The van der Waals surface area contributed by atoms with Crippen LogP contribution in [0.5, 0.6) is 0 Å². The summed E-state index contributed by atoms with van der Waals surface area (Å²) in [4.78, 5) is 12.5. The van der Waals surface area contributed by atoms with E-state index in [-0.39, 0.29) is 5.78 Å². The Bertz CT molecular complexity index is 502. The fraction of sp³-hybridized carbons (Fsp3) is 0.111. The van der Waals surface area contributed by atoms with Gasteiger partial charge < -0.3 is 0 Å². The lowest BCUT2D eigenvalue weighted by atomic mass is 10.1. The van der Waals surface area contributed by atoms with Crippen molar-refractivity contribution in [2.24, 2.45) is 0 Å². The Morgan fingerprint density at radius 1 is 1.44 bits per heavy atom. The van der Waals surface area contributed by atoms with Crippen LogP contribution in [-0.4, -0.2) is 26.0 Å². The van der Waals surface area contributed by atoms with Crippen LogP contribution in [0.1, 0.15) is 15.3 Å². The second-order valence-electron chi connectivity index (χ2n) is 2.94. The van der Waals surface area contributed by atoms with E-state index in [1.807, 2.05) is 0 Å². The molecule has 0 saturated heterocycles. The Morgan fingerprint density at radius 3 is 2.81 bits per heavy atom. The first-order chi connectivity index (χ1) is 7.70. The quantitative estimate of drug-likeness (QED) is 0.643. The molecule has 0 aliphatic rings. The maximum absolute atomic E-state index is 12.0. The number of ketones is 1. The largest absolute Gasteiger partial charge is 0.291 e. The van der Waals surface area contributed by atoms with Crippen LogP contribution in [0.2, 0.25) is 5.02 Å². The molecule has 0 bridgehead atoms. The number of hydrogen-bond acceptors (Lipinski definition) is 4. The molecule has 16 heavy (non-hydrogen) atoms. The number of Topliss-reactive ketones (excluding diaryl/α,β-unsaturated/α-hetero) is 1. The van der Waals surface area contributed by atoms with E-state index in [0.717, 1.165) is 0 Å². The average Bonchev–Trinajstić information content (AvgIpc) is 2.81. The summed E-state index contributed by atoms with van der Waals surface area (Å²) in [6, 6.07) is 6.81. The first-order valence-corrected chi connectivity index (χ1v) is 5.65. The molecular weight excluding hydrogens is 295 g/mol. The molecule has 0 fully saturated rings. The van der Waals surface area contributed by atoms with Gasteiger partial charge in [-0.05, 0) is 17.3 Å². The molecule has 82 valence electrons. The standard InChI is InChI=1S/C9H6BrClN4O/c10-9(15-13-5-12-14-15)8(16)6-3-1-2-4-7(6)11/h1-5,9H. The van der Waals surface area contributed by atoms with Crippen molar-refractivity contribution in [3.63, 3.8) is 0 Å². The summed E-state index contributed by atoms with van der Waals surface area (Å²) in [5.41, 5.74) is 0.420. The number of nitrogens with zero attached hydrogens (tertiary/aromatic N) is 4. The molecule has 0 saturated carbocycles. The number of hydrogen-bond donors (Lipinski definition) is 0. The van der Waals surface area contributed by atoms with Gasteiger partial charge in [-0.3, -0.25) is 4.79 Å². The first-order valence-electron chi connectivity index (χ1n) is 4.35. The van der Waals surface area contributed by atoms with Crippen molar-refractivity contribution in [1.29, 1.82) is 0 Å². The van der Waals surface area contributed by atoms with E-state index >= 15 is 0 Å². The summed E-state index contributed by atoms with van der Waals surface area (Å²) in [6.45, 7) is 0. The van der Waals surface area contributed by atoms with E-state index < -0.39 is 4.95 Å². The average molecular weight is 302 g/mol. The Hall–Kier alpha value is -1.27. The fourth-order valence-electron chi connectivity index (χ4n) is 1.17. The van der Waals surface area contributed by atoms with E-state index in [1.54, 1.807) is 24.3 Å². The van der Waals surface area contributed by atoms with Gasteiger partial charge in [-0.15, -0.1) is 15.0 Å². The van der Waals surface area contributed by atoms with Crippen LogP contribution < -0.4 is 0 Å². The molecule has 0 aliphatic carbocycles. The van der Waals surface area contributed by atoms with E-state index in [1.165, 1.54) is 11.1 Å². The molecule has 0 spiro atoms. The molecule has 1 unspecified atom stereocenters. The summed E-state index contributed by atoms with van der Waals surface area (Å²) >= 11 is 9.11. The van der Waals surface area contributed by atoms with Crippen molar-refractivity contribution in [2.45, 2.75) is 4.95 Å². The van der Waals surface area contributed by atoms with Crippen molar-refractivity contribution in [3.05, 3.63) is 41.2 Å². The van der Waals surface area contributed by atoms with Gasteiger partial charge in [-0.2, -0.15) is 0 Å². The predicted octanol–water partition coefficient (Wildman–Crippen LogP) is 2.10. The monoisotopic (exact) mass is 300 g/mol. The van der Waals surface area contributed by atoms with E-state index in [9.17, 15) is 4.79 Å². The third-order valence-electron chi connectivity index (χ3n) is 1.92. The van der Waals surface area contributed by atoms with Gasteiger partial charge in [-0.25, -0.2) is 0 Å². The summed E-state index contributed by atoms with van der Waals surface area (Å²) in [5.74, 6) is -0.219. The van der Waals surface area contributed by atoms with Crippen LogP contribution in [0.4, 0.5) is 0 Å². The van der Waals surface area contributed by atoms with Gasteiger partial charge in [0.2, 0.25) is 5.78 Å². The summed E-state index contributed by atoms with van der Waals surface area (Å²) in [5, 5.41) is 11.3. The Labute approximate surface area is 105 Å². The third kappa shape index (κ3) is 2.12. The van der Waals surface area contributed by atoms with Crippen LogP contribution in [0.15, 0.2) is 30.6 Å². The van der Waals surface area contributed by atoms with E-state index in [4.69, 9.17) is 11.6 Å². The summed E-state index contributed by atoms with van der Waals surface area (Å²) in [6.07, 6.45) is 1.26. The number of carbonyl (C=O) groups is 1. The second-order valence-corrected chi connectivity index (χ2v) is 4.21. The smallest absolute Gasteiger partial charge is 0.201 e. The lowest BCUT2D eigenvalue weighted by Crippen LogP contribution is -2.17. The predicted molar refractivity (Wildman–Crippen MR) is 61.6 cm³/mol. The van der Waals surface area contributed by atoms with Crippen LogP contribution in [0, 0.1) is 0 Å². The maximum Gasteiger partial charge on any atom is 0.201 e. The number of rotatable bonds is 3. The Morgan fingerprint density at radius 2 is 2.19 bits per heavy atom. The van der Waals surface area contributed by atoms with Crippen molar-refractivity contribution in [2.75, 3.05) is 0 Å². The van der Waals surface area contributed by atoms with Gasteiger partial charge in [0.1, 0.15) is 0 Å². The number of benzene rings is 1. The number of halogens is 2. The van der Waals surface area contributed by atoms with Crippen LogP contribution in [0.25, 0.3) is 0 Å². The molecule has 0 radical (unpaired) electrons. The molecule has 2 aromatic rings. The number of carbonyl (C=O) groups excluding carboxylic acids is 1.